The minimum atomic E-state index is -0.929. The molecule has 1 atom stereocenters. The van der Waals surface area contributed by atoms with Gasteiger partial charge in [0.05, 0.1) is 6.20 Å². The summed E-state index contributed by atoms with van der Waals surface area (Å²) in [5, 5.41) is 7.00. The molecule has 15 heavy (non-hydrogen) atoms. The van der Waals surface area contributed by atoms with Crippen molar-refractivity contribution in [2.45, 2.75) is 4.90 Å². The van der Waals surface area contributed by atoms with Gasteiger partial charge in [-0.1, -0.05) is 29.3 Å². The molecular formula is C9H10N4OS. The van der Waals surface area contributed by atoms with Gasteiger partial charge in [0, 0.05) is 4.90 Å². The Bertz CT molecular complexity index is 429. The summed E-state index contributed by atoms with van der Waals surface area (Å²) in [4.78, 5) is 11.8. The number of hydrogen-bond donors (Lipinski definition) is 3. The van der Waals surface area contributed by atoms with E-state index in [1.165, 1.54) is 6.20 Å². The average molecular weight is 222 g/mol. The standard InChI is InChI=1S/C9H10N4OS/c10-9(14)12-8-6-11-13-15(8)7-4-2-1-3-5-7/h1-6,15H,(H3,10,12,14). The molecule has 3 N–H and O–H groups in total. The zero-order chi connectivity index (χ0) is 10.7. The monoisotopic (exact) mass is 222 g/mol. The van der Waals surface area contributed by atoms with Crippen molar-refractivity contribution < 1.29 is 4.79 Å². The highest BCUT2D eigenvalue weighted by molar-refractivity contribution is 8.19. The molecule has 1 aromatic carbocycles. The number of nitrogens with zero attached hydrogens (tertiary/aromatic N) is 2. The maximum atomic E-state index is 10.7. The van der Waals surface area contributed by atoms with Crippen LogP contribution in [0.5, 0.6) is 0 Å². The van der Waals surface area contributed by atoms with Crippen molar-refractivity contribution >= 4 is 17.1 Å². The predicted molar refractivity (Wildman–Crippen MR) is 59.4 cm³/mol. The van der Waals surface area contributed by atoms with Crippen molar-refractivity contribution in [3.05, 3.63) is 41.6 Å². The number of nitrogens with two attached hydrogens (primary N) is 1. The lowest BCUT2D eigenvalue weighted by Crippen LogP contribution is -2.27. The number of carbonyl (C=O) groups is 1. The van der Waals surface area contributed by atoms with Gasteiger partial charge in [0.1, 0.15) is 5.03 Å². The molecule has 1 aromatic rings. The zero-order valence-corrected chi connectivity index (χ0v) is 8.69. The van der Waals surface area contributed by atoms with Crippen LogP contribution in [-0.4, -0.2) is 6.03 Å². The largest absolute Gasteiger partial charge is 0.351 e. The van der Waals surface area contributed by atoms with Crippen LogP contribution in [0.25, 0.3) is 0 Å². The Morgan fingerprint density at radius 3 is 2.73 bits per heavy atom. The average Bonchev–Trinajstić information content (AvgIpc) is 2.66. The van der Waals surface area contributed by atoms with Crippen LogP contribution in [-0.2, 0) is 0 Å². The quantitative estimate of drug-likeness (QED) is 0.656. The molecule has 0 radical (unpaired) electrons. The minimum absolute atomic E-state index is 0.586. The molecule has 0 fully saturated rings. The van der Waals surface area contributed by atoms with Gasteiger partial charge in [-0.15, -0.1) is 4.52 Å². The van der Waals surface area contributed by atoms with Crippen LogP contribution >= 0.6 is 11.1 Å². The Morgan fingerprint density at radius 2 is 2.07 bits per heavy atom. The Balaban J connectivity index is 2.20. The molecule has 0 saturated carbocycles. The predicted octanol–water partition coefficient (Wildman–Crippen LogP) is 1.89. The molecule has 0 aromatic heterocycles. The van der Waals surface area contributed by atoms with Gasteiger partial charge in [-0.3, -0.25) is 0 Å². The topological polar surface area (TPSA) is 79.8 Å². The first-order valence-corrected chi connectivity index (χ1v) is 5.59. The van der Waals surface area contributed by atoms with E-state index in [-0.39, 0.29) is 0 Å². The van der Waals surface area contributed by atoms with Gasteiger partial charge in [-0.2, -0.15) is 5.11 Å². The molecule has 1 unspecified atom stereocenters. The summed E-state index contributed by atoms with van der Waals surface area (Å²) in [6.45, 7) is 0. The van der Waals surface area contributed by atoms with Crippen molar-refractivity contribution in [1.82, 2.24) is 5.32 Å². The van der Waals surface area contributed by atoms with Gasteiger partial charge < -0.3 is 11.1 Å². The fourth-order valence-electron chi connectivity index (χ4n) is 1.21. The first-order valence-electron chi connectivity index (χ1n) is 4.30. The van der Waals surface area contributed by atoms with Gasteiger partial charge in [0.15, 0.2) is 0 Å². The van der Waals surface area contributed by atoms with Crippen molar-refractivity contribution in [2.75, 3.05) is 0 Å². The highest BCUT2D eigenvalue weighted by Crippen LogP contribution is 2.46. The van der Waals surface area contributed by atoms with Crippen molar-refractivity contribution in [3.63, 3.8) is 0 Å². The van der Waals surface area contributed by atoms with Crippen molar-refractivity contribution in [2.24, 2.45) is 15.4 Å². The maximum Gasteiger partial charge on any atom is 0.317 e. The summed E-state index contributed by atoms with van der Waals surface area (Å²) in [5.41, 5.74) is 5.05. The Labute approximate surface area is 89.6 Å². The second kappa shape index (κ2) is 4.14. The molecule has 0 aliphatic carbocycles. The summed E-state index contributed by atoms with van der Waals surface area (Å²) < 4.78 is 4.07. The number of rotatable bonds is 2. The van der Waals surface area contributed by atoms with E-state index < -0.39 is 17.1 Å². The smallest absolute Gasteiger partial charge is 0.317 e. The third-order valence-electron chi connectivity index (χ3n) is 1.80. The minimum Gasteiger partial charge on any atom is -0.351 e. The molecule has 0 bridgehead atoms. The third-order valence-corrected chi connectivity index (χ3v) is 3.55. The van der Waals surface area contributed by atoms with Crippen molar-refractivity contribution in [3.8, 4) is 0 Å². The number of thiol groups is 1. The molecule has 1 aliphatic heterocycles. The molecule has 78 valence electrons. The first kappa shape index (κ1) is 9.72. The number of nitrogens with one attached hydrogen (secondary N) is 1. The highest BCUT2D eigenvalue weighted by Gasteiger charge is 2.16. The lowest BCUT2D eigenvalue weighted by atomic mass is 10.4. The lowest BCUT2D eigenvalue weighted by molar-refractivity contribution is 0.251. The Hall–Kier alpha value is -1.82. The van der Waals surface area contributed by atoms with E-state index in [0.29, 0.717) is 5.03 Å². The molecule has 0 spiro atoms. The van der Waals surface area contributed by atoms with Gasteiger partial charge >= 0.3 is 6.03 Å². The lowest BCUT2D eigenvalue weighted by Gasteiger charge is -2.14. The summed E-state index contributed by atoms with van der Waals surface area (Å²) in [6, 6.07) is 9.09. The van der Waals surface area contributed by atoms with E-state index in [0.717, 1.165) is 4.90 Å². The number of amides is 2. The number of benzene rings is 1. The molecule has 2 amide bonds. The molecule has 2 rings (SSSR count). The van der Waals surface area contributed by atoms with E-state index in [1.54, 1.807) is 0 Å². The second-order valence-electron chi connectivity index (χ2n) is 2.86. The number of primary amides is 1. The SMILES string of the molecule is NC(=O)NC1=CN=N[SH]1c1ccccc1. The summed E-state index contributed by atoms with van der Waals surface area (Å²) in [5.74, 6) is 0. The first-order chi connectivity index (χ1) is 7.27. The normalized spacial score (nSPS) is 21.1. The van der Waals surface area contributed by atoms with E-state index in [9.17, 15) is 4.79 Å². The molecular weight excluding hydrogens is 212 g/mol. The Kier molecular flexibility index (Phi) is 2.68. The van der Waals surface area contributed by atoms with Gasteiger partial charge in [0.25, 0.3) is 0 Å². The second-order valence-corrected chi connectivity index (χ2v) is 4.66. The van der Waals surface area contributed by atoms with Crippen LogP contribution in [0.2, 0.25) is 0 Å². The third kappa shape index (κ3) is 2.16. The number of carbonyl (C=O) groups excluding carboxylic acids is 1. The van der Waals surface area contributed by atoms with Crippen LogP contribution in [0.1, 0.15) is 0 Å². The highest BCUT2D eigenvalue weighted by atomic mass is 32.2. The van der Waals surface area contributed by atoms with Crippen LogP contribution in [0.15, 0.2) is 56.1 Å². The molecule has 5 nitrogen and oxygen atoms in total. The number of urea groups is 1. The van der Waals surface area contributed by atoms with E-state index in [1.807, 2.05) is 30.3 Å². The van der Waals surface area contributed by atoms with E-state index in [2.05, 4.69) is 15.0 Å². The Morgan fingerprint density at radius 1 is 1.33 bits per heavy atom. The summed E-state index contributed by atoms with van der Waals surface area (Å²) in [7, 11) is 0. The van der Waals surface area contributed by atoms with Crippen LogP contribution < -0.4 is 11.1 Å². The zero-order valence-electron chi connectivity index (χ0n) is 7.79. The fourth-order valence-corrected chi connectivity index (χ4v) is 2.67. The van der Waals surface area contributed by atoms with Gasteiger partial charge in [0.2, 0.25) is 0 Å². The molecule has 6 heteroatoms. The van der Waals surface area contributed by atoms with E-state index in [4.69, 9.17) is 5.73 Å². The van der Waals surface area contributed by atoms with Crippen LogP contribution in [0.4, 0.5) is 4.79 Å². The van der Waals surface area contributed by atoms with Gasteiger partial charge in [-0.25, -0.2) is 4.79 Å². The van der Waals surface area contributed by atoms with E-state index >= 15 is 0 Å². The van der Waals surface area contributed by atoms with Crippen LogP contribution in [0, 0.1) is 0 Å². The maximum absolute atomic E-state index is 10.7. The van der Waals surface area contributed by atoms with Gasteiger partial charge in [-0.05, 0) is 12.1 Å². The summed E-state index contributed by atoms with van der Waals surface area (Å²) >= 11 is -0.929. The number of hydrogen-bond acceptors (Lipinski definition) is 3. The molecule has 1 aliphatic rings. The fraction of sp³-hybridized carbons (Fsp3) is 0. The molecule has 1 heterocycles. The summed E-state index contributed by atoms with van der Waals surface area (Å²) in [6.07, 6.45) is 1.53. The van der Waals surface area contributed by atoms with Crippen LogP contribution in [0.3, 0.4) is 0 Å². The molecule has 0 saturated heterocycles. The van der Waals surface area contributed by atoms with Crippen molar-refractivity contribution in [1.29, 1.82) is 0 Å².